The summed E-state index contributed by atoms with van der Waals surface area (Å²) in [6.45, 7) is 2.06. The van der Waals surface area contributed by atoms with E-state index in [0.29, 0.717) is 11.6 Å². The number of hydrogen-bond acceptors (Lipinski definition) is 5. The summed E-state index contributed by atoms with van der Waals surface area (Å²) in [7, 11) is 0. The molecule has 28 heavy (non-hydrogen) atoms. The second kappa shape index (κ2) is 8.58. The number of benzene rings is 1. The summed E-state index contributed by atoms with van der Waals surface area (Å²) in [6, 6.07) is 15.8. The van der Waals surface area contributed by atoms with Crippen molar-refractivity contribution in [3.05, 3.63) is 81.7 Å². The van der Waals surface area contributed by atoms with Gasteiger partial charge in [0, 0.05) is 33.5 Å². The van der Waals surface area contributed by atoms with Gasteiger partial charge in [0.2, 0.25) is 0 Å². The van der Waals surface area contributed by atoms with Crippen LogP contribution in [-0.4, -0.2) is 15.0 Å². The maximum atomic E-state index is 5.99. The quantitative estimate of drug-likeness (QED) is 0.345. The number of aromatic nitrogens is 3. The number of H-pyrrole nitrogens is 1. The lowest BCUT2D eigenvalue weighted by Crippen LogP contribution is -1.98. The molecule has 0 atom stereocenters. The number of hydrogen-bond donors (Lipinski definition) is 2. The van der Waals surface area contributed by atoms with E-state index in [1.54, 1.807) is 17.5 Å². The van der Waals surface area contributed by atoms with Crippen LogP contribution in [0, 0.1) is 6.92 Å². The van der Waals surface area contributed by atoms with Gasteiger partial charge in [-0.15, -0.1) is 11.3 Å². The summed E-state index contributed by atoms with van der Waals surface area (Å²) in [5.41, 5.74) is 3.47. The molecule has 142 valence electrons. The standard InChI is InChI=1S/C21H19BrN4OS/c1-14-7-8-16(24-14)9-10-17-13-28-21(25-17)26-20-19(11-15(22)12-23-20)27-18-5-3-2-4-6-18/h2-8,11-13,24H,9-10H2,1H3,(H,23,25,26). The lowest BCUT2D eigenvalue weighted by molar-refractivity contribution is 0.482. The molecule has 0 spiro atoms. The third-order valence-corrected chi connectivity index (χ3v) is 5.35. The second-order valence-corrected chi connectivity index (χ2v) is 8.12. The number of aromatic amines is 1. The molecule has 0 aliphatic carbocycles. The predicted molar refractivity (Wildman–Crippen MR) is 117 cm³/mol. The van der Waals surface area contributed by atoms with Crippen LogP contribution in [0.3, 0.4) is 0 Å². The Morgan fingerprint density at radius 2 is 2.00 bits per heavy atom. The summed E-state index contributed by atoms with van der Waals surface area (Å²) >= 11 is 5.02. The van der Waals surface area contributed by atoms with Gasteiger partial charge in [-0.3, -0.25) is 0 Å². The normalized spacial score (nSPS) is 10.8. The topological polar surface area (TPSA) is 62.8 Å². The monoisotopic (exact) mass is 454 g/mol. The lowest BCUT2D eigenvalue weighted by atomic mass is 10.2. The number of thiazole rings is 1. The summed E-state index contributed by atoms with van der Waals surface area (Å²) in [6.07, 6.45) is 3.57. The average molecular weight is 455 g/mol. The van der Waals surface area contributed by atoms with E-state index in [4.69, 9.17) is 4.74 Å². The number of ether oxygens (including phenoxy) is 1. The fourth-order valence-electron chi connectivity index (χ4n) is 2.76. The fourth-order valence-corrected chi connectivity index (χ4v) is 3.81. The van der Waals surface area contributed by atoms with Crippen LogP contribution in [0.15, 0.2) is 64.6 Å². The minimum absolute atomic E-state index is 0.632. The van der Waals surface area contributed by atoms with Crippen molar-refractivity contribution in [1.82, 2.24) is 15.0 Å². The molecule has 7 heteroatoms. The molecule has 1 aromatic carbocycles. The van der Waals surface area contributed by atoms with Crippen molar-refractivity contribution < 1.29 is 4.74 Å². The van der Waals surface area contributed by atoms with Crippen LogP contribution in [0.1, 0.15) is 17.1 Å². The lowest BCUT2D eigenvalue weighted by Gasteiger charge is -2.11. The molecule has 2 N–H and O–H groups in total. The number of nitrogens with one attached hydrogen (secondary N) is 2. The molecule has 0 radical (unpaired) electrons. The molecule has 3 heterocycles. The Morgan fingerprint density at radius 3 is 2.79 bits per heavy atom. The van der Waals surface area contributed by atoms with Gasteiger partial charge in [-0.25, -0.2) is 9.97 Å². The summed E-state index contributed by atoms with van der Waals surface area (Å²) < 4.78 is 6.85. The van der Waals surface area contributed by atoms with Gasteiger partial charge in [-0.05, 0) is 60.0 Å². The third-order valence-electron chi connectivity index (χ3n) is 4.11. The highest BCUT2D eigenvalue weighted by atomic mass is 79.9. The fraction of sp³-hybridized carbons (Fsp3) is 0.143. The minimum atomic E-state index is 0.632. The number of rotatable bonds is 7. The van der Waals surface area contributed by atoms with Gasteiger partial charge in [-0.1, -0.05) is 18.2 Å². The molecule has 0 amide bonds. The maximum Gasteiger partial charge on any atom is 0.188 e. The average Bonchev–Trinajstić information content (AvgIpc) is 3.32. The Bertz CT molecular complexity index is 1060. The van der Waals surface area contributed by atoms with E-state index < -0.39 is 0 Å². The van der Waals surface area contributed by atoms with E-state index in [0.717, 1.165) is 33.9 Å². The van der Waals surface area contributed by atoms with Gasteiger partial charge in [0.25, 0.3) is 0 Å². The van der Waals surface area contributed by atoms with Crippen molar-refractivity contribution in [3.63, 3.8) is 0 Å². The van der Waals surface area contributed by atoms with Crippen molar-refractivity contribution in [2.24, 2.45) is 0 Å². The number of nitrogens with zero attached hydrogens (tertiary/aromatic N) is 2. The van der Waals surface area contributed by atoms with Gasteiger partial charge in [0.1, 0.15) is 5.75 Å². The Morgan fingerprint density at radius 1 is 1.14 bits per heavy atom. The highest BCUT2D eigenvalue weighted by molar-refractivity contribution is 9.10. The molecule has 0 saturated heterocycles. The van der Waals surface area contributed by atoms with E-state index in [1.807, 2.05) is 36.4 Å². The van der Waals surface area contributed by atoms with Crippen molar-refractivity contribution in [3.8, 4) is 11.5 Å². The SMILES string of the molecule is Cc1ccc(CCc2csc(Nc3ncc(Br)cc3Oc3ccccc3)n2)[nH]1. The summed E-state index contributed by atoms with van der Waals surface area (Å²) in [5, 5.41) is 6.16. The van der Waals surface area contributed by atoms with Crippen molar-refractivity contribution >= 4 is 38.2 Å². The maximum absolute atomic E-state index is 5.99. The molecule has 0 unspecified atom stereocenters. The van der Waals surface area contributed by atoms with Gasteiger partial charge in [0.15, 0.2) is 16.7 Å². The molecule has 0 fully saturated rings. The predicted octanol–water partition coefficient (Wildman–Crippen LogP) is 6.26. The van der Waals surface area contributed by atoms with Crippen molar-refractivity contribution in [2.75, 3.05) is 5.32 Å². The van der Waals surface area contributed by atoms with Crippen LogP contribution in [0.2, 0.25) is 0 Å². The first-order chi connectivity index (χ1) is 13.7. The van der Waals surface area contributed by atoms with Gasteiger partial charge < -0.3 is 15.0 Å². The smallest absolute Gasteiger partial charge is 0.188 e. The number of para-hydroxylation sites is 1. The number of aryl methyl sites for hydroxylation is 3. The van der Waals surface area contributed by atoms with Crippen molar-refractivity contribution in [1.29, 1.82) is 0 Å². The first-order valence-corrected chi connectivity index (χ1v) is 10.6. The Balaban J connectivity index is 1.46. The van der Waals surface area contributed by atoms with E-state index >= 15 is 0 Å². The molecule has 5 nitrogen and oxygen atoms in total. The van der Waals surface area contributed by atoms with Crippen LogP contribution in [-0.2, 0) is 12.8 Å². The largest absolute Gasteiger partial charge is 0.453 e. The second-order valence-electron chi connectivity index (χ2n) is 6.35. The van der Waals surface area contributed by atoms with E-state index in [-0.39, 0.29) is 0 Å². The van der Waals surface area contributed by atoms with Crippen molar-refractivity contribution in [2.45, 2.75) is 19.8 Å². The summed E-state index contributed by atoms with van der Waals surface area (Å²) in [5.74, 6) is 2.03. The molecule has 0 saturated carbocycles. The van der Waals surface area contributed by atoms with E-state index in [2.05, 4.69) is 60.6 Å². The Kier molecular flexibility index (Phi) is 5.73. The van der Waals surface area contributed by atoms with Crippen LogP contribution in [0.25, 0.3) is 0 Å². The highest BCUT2D eigenvalue weighted by Crippen LogP contribution is 2.33. The molecule has 3 aromatic heterocycles. The van der Waals surface area contributed by atoms with Crippen LogP contribution in [0.5, 0.6) is 11.5 Å². The zero-order valence-electron chi connectivity index (χ0n) is 15.3. The van der Waals surface area contributed by atoms with Crippen LogP contribution in [0.4, 0.5) is 10.9 Å². The van der Waals surface area contributed by atoms with Gasteiger partial charge >= 0.3 is 0 Å². The molecule has 0 aliphatic rings. The third kappa shape index (κ3) is 4.79. The molecule has 4 rings (SSSR count). The first kappa shape index (κ1) is 18.7. The van der Waals surface area contributed by atoms with Crippen LogP contribution < -0.4 is 10.1 Å². The van der Waals surface area contributed by atoms with Gasteiger partial charge in [-0.2, -0.15) is 0 Å². The van der Waals surface area contributed by atoms with E-state index in [1.165, 1.54) is 11.4 Å². The number of anilines is 2. The molecule has 0 aliphatic heterocycles. The number of pyridine rings is 1. The number of halogens is 1. The molecular formula is C21H19BrN4OS. The van der Waals surface area contributed by atoms with Crippen LogP contribution >= 0.6 is 27.3 Å². The molecule has 4 aromatic rings. The Hall–Kier alpha value is -2.64. The van der Waals surface area contributed by atoms with Gasteiger partial charge in [0.05, 0.1) is 5.69 Å². The minimum Gasteiger partial charge on any atom is -0.453 e. The summed E-state index contributed by atoms with van der Waals surface area (Å²) in [4.78, 5) is 12.5. The first-order valence-electron chi connectivity index (χ1n) is 8.90. The highest BCUT2D eigenvalue weighted by Gasteiger charge is 2.11. The molecule has 0 bridgehead atoms. The Labute approximate surface area is 176 Å². The molecular weight excluding hydrogens is 436 g/mol. The van der Waals surface area contributed by atoms with E-state index in [9.17, 15) is 0 Å². The zero-order valence-corrected chi connectivity index (χ0v) is 17.7. The zero-order chi connectivity index (χ0) is 19.3.